The highest BCUT2D eigenvalue weighted by molar-refractivity contribution is 5.96. The summed E-state index contributed by atoms with van der Waals surface area (Å²) in [7, 11) is 0. The van der Waals surface area contributed by atoms with E-state index in [0.717, 1.165) is 31.2 Å². The SMILES string of the molecule is Cc1ccn2c(=O)c(C(=O)NC3CCCCCC3)c(O)nc2c1. The zero-order chi connectivity index (χ0) is 16.4. The highest BCUT2D eigenvalue weighted by atomic mass is 16.3. The molecule has 2 aromatic rings. The summed E-state index contributed by atoms with van der Waals surface area (Å²) in [6, 6.07) is 3.51. The van der Waals surface area contributed by atoms with Crippen molar-refractivity contribution in [2.45, 2.75) is 51.5 Å². The van der Waals surface area contributed by atoms with Gasteiger partial charge < -0.3 is 10.4 Å². The number of aryl methyl sites for hydroxylation is 1. The molecule has 0 unspecified atom stereocenters. The number of aromatic hydroxyl groups is 1. The second-order valence-electron chi connectivity index (χ2n) is 6.21. The minimum Gasteiger partial charge on any atom is -0.493 e. The number of rotatable bonds is 2. The number of fused-ring (bicyclic) bond motifs is 1. The maximum absolute atomic E-state index is 12.5. The largest absolute Gasteiger partial charge is 0.493 e. The van der Waals surface area contributed by atoms with Gasteiger partial charge in [0.2, 0.25) is 5.88 Å². The van der Waals surface area contributed by atoms with Crippen molar-refractivity contribution < 1.29 is 9.90 Å². The monoisotopic (exact) mass is 315 g/mol. The number of hydrogen-bond donors (Lipinski definition) is 2. The molecule has 2 heterocycles. The number of aromatic nitrogens is 2. The van der Waals surface area contributed by atoms with E-state index in [1.807, 2.05) is 6.92 Å². The van der Waals surface area contributed by atoms with Crippen molar-refractivity contribution in [1.82, 2.24) is 14.7 Å². The molecular weight excluding hydrogens is 294 g/mol. The van der Waals surface area contributed by atoms with Crippen LogP contribution >= 0.6 is 0 Å². The van der Waals surface area contributed by atoms with Crippen molar-refractivity contribution in [2.75, 3.05) is 0 Å². The first-order chi connectivity index (χ1) is 11.1. The van der Waals surface area contributed by atoms with E-state index in [-0.39, 0.29) is 11.6 Å². The number of carbonyl (C=O) groups excluding carboxylic acids is 1. The van der Waals surface area contributed by atoms with Gasteiger partial charge >= 0.3 is 0 Å². The number of nitrogens with one attached hydrogen (secondary N) is 1. The first-order valence-corrected chi connectivity index (χ1v) is 8.09. The van der Waals surface area contributed by atoms with Crippen LogP contribution in [0.2, 0.25) is 0 Å². The molecule has 122 valence electrons. The summed E-state index contributed by atoms with van der Waals surface area (Å²) in [6.45, 7) is 1.87. The van der Waals surface area contributed by atoms with E-state index in [9.17, 15) is 14.7 Å². The van der Waals surface area contributed by atoms with Crippen molar-refractivity contribution in [3.8, 4) is 5.88 Å². The fourth-order valence-corrected chi connectivity index (χ4v) is 3.11. The van der Waals surface area contributed by atoms with Crippen LogP contribution in [0.3, 0.4) is 0 Å². The van der Waals surface area contributed by atoms with Gasteiger partial charge in [0.1, 0.15) is 5.65 Å². The molecule has 3 rings (SSSR count). The molecule has 2 aromatic heterocycles. The number of amides is 1. The van der Waals surface area contributed by atoms with Gasteiger partial charge in [0.05, 0.1) is 0 Å². The molecule has 0 bridgehead atoms. The Morgan fingerprint density at radius 2 is 2.00 bits per heavy atom. The van der Waals surface area contributed by atoms with Crippen LogP contribution in [-0.2, 0) is 0 Å². The lowest BCUT2D eigenvalue weighted by Crippen LogP contribution is -2.38. The first-order valence-electron chi connectivity index (χ1n) is 8.09. The zero-order valence-corrected chi connectivity index (χ0v) is 13.2. The molecule has 6 nitrogen and oxygen atoms in total. The van der Waals surface area contributed by atoms with Gasteiger partial charge in [-0.1, -0.05) is 25.7 Å². The lowest BCUT2D eigenvalue weighted by molar-refractivity contribution is 0.0928. The molecule has 0 radical (unpaired) electrons. The van der Waals surface area contributed by atoms with Gasteiger partial charge in [-0.05, 0) is 37.5 Å². The number of hydrogen-bond acceptors (Lipinski definition) is 4. The Labute approximate surface area is 134 Å². The third kappa shape index (κ3) is 3.21. The molecule has 6 heteroatoms. The standard InChI is InChI=1S/C17H21N3O3/c1-11-8-9-20-13(10-11)19-16(22)14(17(20)23)15(21)18-12-6-4-2-3-5-7-12/h8-10,12,22H,2-7H2,1H3,(H,18,21). The molecule has 1 saturated carbocycles. The molecule has 0 saturated heterocycles. The maximum atomic E-state index is 12.5. The normalized spacial score (nSPS) is 16.2. The summed E-state index contributed by atoms with van der Waals surface area (Å²) in [5, 5.41) is 12.9. The predicted molar refractivity (Wildman–Crippen MR) is 86.8 cm³/mol. The van der Waals surface area contributed by atoms with Gasteiger partial charge in [0.25, 0.3) is 11.5 Å². The van der Waals surface area contributed by atoms with Crippen molar-refractivity contribution in [1.29, 1.82) is 0 Å². The van der Waals surface area contributed by atoms with Crippen LogP contribution in [0.25, 0.3) is 5.65 Å². The van der Waals surface area contributed by atoms with Crippen molar-refractivity contribution >= 4 is 11.6 Å². The van der Waals surface area contributed by atoms with E-state index in [2.05, 4.69) is 10.3 Å². The Hall–Kier alpha value is -2.37. The third-order valence-electron chi connectivity index (χ3n) is 4.38. The molecule has 0 atom stereocenters. The Morgan fingerprint density at radius 3 is 2.70 bits per heavy atom. The summed E-state index contributed by atoms with van der Waals surface area (Å²) in [5.41, 5.74) is 0.430. The minimum atomic E-state index is -0.543. The van der Waals surface area contributed by atoms with Gasteiger partial charge in [-0.2, -0.15) is 4.98 Å². The minimum absolute atomic E-state index is 0.0579. The second kappa shape index (κ2) is 6.40. The van der Waals surface area contributed by atoms with E-state index in [1.54, 1.807) is 18.3 Å². The van der Waals surface area contributed by atoms with E-state index in [4.69, 9.17) is 0 Å². The fraction of sp³-hybridized carbons (Fsp3) is 0.471. The maximum Gasteiger partial charge on any atom is 0.274 e. The summed E-state index contributed by atoms with van der Waals surface area (Å²) < 4.78 is 1.29. The van der Waals surface area contributed by atoms with Crippen molar-refractivity contribution in [3.05, 3.63) is 39.8 Å². The molecule has 1 amide bonds. The van der Waals surface area contributed by atoms with Crippen molar-refractivity contribution in [2.24, 2.45) is 0 Å². The summed E-state index contributed by atoms with van der Waals surface area (Å²) in [5.74, 6) is -1.05. The highest BCUT2D eigenvalue weighted by Crippen LogP contribution is 2.18. The summed E-state index contributed by atoms with van der Waals surface area (Å²) in [4.78, 5) is 29.0. The van der Waals surface area contributed by atoms with Gasteiger partial charge in [-0.3, -0.25) is 14.0 Å². The van der Waals surface area contributed by atoms with E-state index in [0.29, 0.717) is 5.65 Å². The molecule has 2 N–H and O–H groups in total. The van der Waals surface area contributed by atoms with Crippen LogP contribution in [0, 0.1) is 6.92 Å². The molecule has 0 aliphatic heterocycles. The Morgan fingerprint density at radius 1 is 1.30 bits per heavy atom. The van der Waals surface area contributed by atoms with E-state index < -0.39 is 17.3 Å². The van der Waals surface area contributed by atoms with Crippen LogP contribution < -0.4 is 10.9 Å². The van der Waals surface area contributed by atoms with E-state index >= 15 is 0 Å². The van der Waals surface area contributed by atoms with Gasteiger partial charge in [0, 0.05) is 12.2 Å². The van der Waals surface area contributed by atoms with Gasteiger partial charge in [-0.25, -0.2) is 0 Å². The molecule has 0 aromatic carbocycles. The van der Waals surface area contributed by atoms with Crippen LogP contribution in [0.5, 0.6) is 5.88 Å². The highest BCUT2D eigenvalue weighted by Gasteiger charge is 2.23. The van der Waals surface area contributed by atoms with E-state index in [1.165, 1.54) is 17.2 Å². The van der Waals surface area contributed by atoms with Crippen LogP contribution in [-0.4, -0.2) is 26.4 Å². The summed E-state index contributed by atoms with van der Waals surface area (Å²) >= 11 is 0. The molecule has 1 aliphatic carbocycles. The lowest BCUT2D eigenvalue weighted by Gasteiger charge is -2.16. The molecule has 1 fully saturated rings. The van der Waals surface area contributed by atoms with Crippen LogP contribution in [0.15, 0.2) is 23.1 Å². The fourth-order valence-electron chi connectivity index (χ4n) is 3.11. The Bertz CT molecular complexity index is 790. The molecule has 1 aliphatic rings. The van der Waals surface area contributed by atoms with Crippen LogP contribution in [0.1, 0.15) is 54.4 Å². The smallest absolute Gasteiger partial charge is 0.274 e. The number of pyridine rings is 1. The Balaban J connectivity index is 1.93. The number of carbonyl (C=O) groups is 1. The number of nitrogens with zero attached hydrogens (tertiary/aromatic N) is 2. The second-order valence-corrected chi connectivity index (χ2v) is 6.21. The molecule has 0 spiro atoms. The summed E-state index contributed by atoms with van der Waals surface area (Å²) in [6.07, 6.45) is 7.90. The van der Waals surface area contributed by atoms with Gasteiger partial charge in [-0.15, -0.1) is 0 Å². The average Bonchev–Trinajstić information content (AvgIpc) is 2.75. The average molecular weight is 315 g/mol. The predicted octanol–water partition coefficient (Wildman–Crippen LogP) is 2.16. The Kier molecular flexibility index (Phi) is 4.32. The van der Waals surface area contributed by atoms with Gasteiger partial charge in [0.15, 0.2) is 5.56 Å². The first kappa shape index (κ1) is 15.5. The molecular formula is C17H21N3O3. The lowest BCUT2D eigenvalue weighted by atomic mass is 10.1. The topological polar surface area (TPSA) is 83.7 Å². The quantitative estimate of drug-likeness (QED) is 0.832. The molecule has 23 heavy (non-hydrogen) atoms. The zero-order valence-electron chi connectivity index (χ0n) is 13.2. The third-order valence-corrected chi connectivity index (χ3v) is 4.38. The van der Waals surface area contributed by atoms with Crippen LogP contribution in [0.4, 0.5) is 0 Å². The van der Waals surface area contributed by atoms with Crippen molar-refractivity contribution in [3.63, 3.8) is 0 Å².